The summed E-state index contributed by atoms with van der Waals surface area (Å²) in [6.45, 7) is 1.30. The zero-order valence-electron chi connectivity index (χ0n) is 18.1. The second kappa shape index (κ2) is 8.61. The van der Waals surface area contributed by atoms with E-state index in [1.54, 1.807) is 28.8 Å². The SMILES string of the molecule is O=C(Cc1ccccc1)Nc1ccc(S(=O)(=O)N2C[C@H]3C[C@@H](C2)c2cccc(=O)n2C3)cc1. The third-order valence-corrected chi connectivity index (χ3v) is 8.28. The van der Waals surface area contributed by atoms with Gasteiger partial charge < -0.3 is 9.88 Å². The summed E-state index contributed by atoms with van der Waals surface area (Å²) < 4.78 is 30.0. The lowest BCUT2D eigenvalue weighted by Crippen LogP contribution is -2.48. The Kier molecular flexibility index (Phi) is 5.64. The number of anilines is 1. The first kappa shape index (κ1) is 21.6. The van der Waals surface area contributed by atoms with Crippen LogP contribution in [0.5, 0.6) is 0 Å². The number of amides is 1. The standard InChI is InChI=1S/C25H25N3O4S/c29-24(14-18-5-2-1-3-6-18)26-21-9-11-22(12-10-21)33(31,32)27-15-19-13-20(17-27)23-7-4-8-25(30)28(23)16-19/h1-12,19-20H,13-17H2,(H,26,29)/t19-,20+/m1/s1. The Morgan fingerprint density at radius 3 is 2.42 bits per heavy atom. The van der Waals surface area contributed by atoms with E-state index in [1.165, 1.54) is 16.4 Å². The monoisotopic (exact) mass is 463 g/mol. The molecule has 2 bridgehead atoms. The van der Waals surface area contributed by atoms with E-state index in [0.717, 1.165) is 17.7 Å². The minimum atomic E-state index is -3.68. The van der Waals surface area contributed by atoms with Crippen molar-refractivity contribution in [2.45, 2.75) is 30.2 Å². The van der Waals surface area contributed by atoms with Crippen LogP contribution in [0.1, 0.15) is 23.6 Å². The molecule has 0 aliphatic carbocycles. The first-order chi connectivity index (χ1) is 15.9. The van der Waals surface area contributed by atoms with Gasteiger partial charge in [-0.05, 0) is 48.2 Å². The predicted molar refractivity (Wildman–Crippen MR) is 126 cm³/mol. The lowest BCUT2D eigenvalue weighted by molar-refractivity contribution is -0.115. The number of fused-ring (bicyclic) bond motifs is 4. The lowest BCUT2D eigenvalue weighted by Gasteiger charge is -2.42. The van der Waals surface area contributed by atoms with Crippen molar-refractivity contribution in [3.63, 3.8) is 0 Å². The van der Waals surface area contributed by atoms with E-state index in [-0.39, 0.29) is 34.6 Å². The highest BCUT2D eigenvalue weighted by Crippen LogP contribution is 2.37. The van der Waals surface area contributed by atoms with Crippen molar-refractivity contribution in [2.75, 3.05) is 18.4 Å². The summed E-state index contributed by atoms with van der Waals surface area (Å²) in [6, 6.07) is 21.0. The summed E-state index contributed by atoms with van der Waals surface area (Å²) in [6.07, 6.45) is 1.14. The fourth-order valence-electron chi connectivity index (χ4n) is 4.89. The molecule has 1 fully saturated rings. The molecular formula is C25H25N3O4S. The van der Waals surface area contributed by atoms with Crippen molar-refractivity contribution in [1.29, 1.82) is 0 Å². The Bertz CT molecular complexity index is 1330. The average molecular weight is 464 g/mol. The van der Waals surface area contributed by atoms with E-state index in [9.17, 15) is 18.0 Å². The summed E-state index contributed by atoms with van der Waals surface area (Å²) in [5.41, 5.74) is 2.35. The van der Waals surface area contributed by atoms with Crippen LogP contribution >= 0.6 is 0 Å². The van der Waals surface area contributed by atoms with Crippen molar-refractivity contribution in [1.82, 2.24) is 8.87 Å². The Morgan fingerprint density at radius 2 is 1.67 bits per heavy atom. The van der Waals surface area contributed by atoms with Gasteiger partial charge in [-0.15, -0.1) is 0 Å². The van der Waals surface area contributed by atoms with E-state index in [2.05, 4.69) is 5.32 Å². The number of carbonyl (C=O) groups is 1. The van der Waals surface area contributed by atoms with Crippen LogP contribution in [0.4, 0.5) is 5.69 Å². The Balaban J connectivity index is 1.29. The molecule has 170 valence electrons. The van der Waals surface area contributed by atoms with E-state index in [0.29, 0.717) is 25.3 Å². The number of sulfonamides is 1. The number of hydrogen-bond acceptors (Lipinski definition) is 4. The maximum Gasteiger partial charge on any atom is 0.250 e. The molecule has 1 N–H and O–H groups in total. The van der Waals surface area contributed by atoms with Crippen molar-refractivity contribution in [2.24, 2.45) is 5.92 Å². The number of hydrogen-bond donors (Lipinski definition) is 1. The number of nitrogens with zero attached hydrogens (tertiary/aromatic N) is 2. The Hall–Kier alpha value is -3.23. The van der Waals surface area contributed by atoms with Crippen LogP contribution in [0.25, 0.3) is 0 Å². The normalized spacial score (nSPS) is 20.1. The summed E-state index contributed by atoms with van der Waals surface area (Å²) in [5, 5.41) is 2.82. The molecule has 2 atom stereocenters. The fourth-order valence-corrected chi connectivity index (χ4v) is 6.46. The average Bonchev–Trinajstić information content (AvgIpc) is 2.81. The quantitative estimate of drug-likeness (QED) is 0.630. The van der Waals surface area contributed by atoms with Crippen LogP contribution in [0.2, 0.25) is 0 Å². The van der Waals surface area contributed by atoms with Gasteiger partial charge in [0.25, 0.3) is 5.56 Å². The summed E-state index contributed by atoms with van der Waals surface area (Å²) in [7, 11) is -3.68. The van der Waals surface area contributed by atoms with E-state index in [1.807, 2.05) is 36.4 Å². The van der Waals surface area contributed by atoms with Gasteiger partial charge in [-0.25, -0.2) is 8.42 Å². The largest absolute Gasteiger partial charge is 0.326 e. The molecule has 33 heavy (non-hydrogen) atoms. The van der Waals surface area contributed by atoms with Crippen LogP contribution in [0.3, 0.4) is 0 Å². The maximum atomic E-state index is 13.3. The summed E-state index contributed by atoms with van der Waals surface area (Å²) in [4.78, 5) is 24.7. The predicted octanol–water partition coefficient (Wildman–Crippen LogP) is 2.84. The number of rotatable bonds is 5. The zero-order chi connectivity index (χ0) is 23.0. The maximum absolute atomic E-state index is 13.3. The second-order valence-electron chi connectivity index (χ2n) is 8.76. The van der Waals surface area contributed by atoms with Gasteiger partial charge in [0.2, 0.25) is 15.9 Å². The highest BCUT2D eigenvalue weighted by molar-refractivity contribution is 7.89. The molecule has 3 heterocycles. The first-order valence-electron chi connectivity index (χ1n) is 11.0. The molecule has 8 heteroatoms. The minimum Gasteiger partial charge on any atom is -0.326 e. The lowest BCUT2D eigenvalue weighted by atomic mass is 9.84. The second-order valence-corrected chi connectivity index (χ2v) is 10.7. The molecule has 5 rings (SSSR count). The van der Waals surface area contributed by atoms with Crippen LogP contribution < -0.4 is 10.9 Å². The van der Waals surface area contributed by atoms with Gasteiger partial charge in [0.1, 0.15) is 0 Å². The highest BCUT2D eigenvalue weighted by Gasteiger charge is 2.39. The van der Waals surface area contributed by atoms with Gasteiger partial charge in [0.05, 0.1) is 11.3 Å². The van der Waals surface area contributed by atoms with Crippen molar-refractivity contribution in [3.05, 3.63) is 94.4 Å². The molecule has 1 aromatic heterocycles. The van der Waals surface area contributed by atoms with Crippen molar-refractivity contribution in [3.8, 4) is 0 Å². The van der Waals surface area contributed by atoms with Crippen LogP contribution in [0, 0.1) is 5.92 Å². The molecule has 7 nitrogen and oxygen atoms in total. The van der Waals surface area contributed by atoms with E-state index >= 15 is 0 Å². The first-order valence-corrected chi connectivity index (χ1v) is 12.5. The Morgan fingerprint density at radius 1 is 0.909 bits per heavy atom. The van der Waals surface area contributed by atoms with Crippen LogP contribution in [-0.4, -0.2) is 36.3 Å². The minimum absolute atomic E-state index is 0.0118. The van der Waals surface area contributed by atoms with Crippen LogP contribution in [-0.2, 0) is 27.8 Å². The van der Waals surface area contributed by atoms with Gasteiger partial charge in [0, 0.05) is 43.0 Å². The van der Waals surface area contributed by atoms with Gasteiger partial charge in [-0.1, -0.05) is 36.4 Å². The third kappa shape index (κ3) is 4.36. The molecule has 0 spiro atoms. The summed E-state index contributed by atoms with van der Waals surface area (Å²) >= 11 is 0. The van der Waals surface area contributed by atoms with Gasteiger partial charge >= 0.3 is 0 Å². The molecule has 0 radical (unpaired) electrons. The molecular weight excluding hydrogens is 438 g/mol. The number of nitrogens with one attached hydrogen (secondary N) is 1. The number of aromatic nitrogens is 1. The van der Waals surface area contributed by atoms with Gasteiger partial charge in [0.15, 0.2) is 0 Å². The number of piperidine rings is 1. The molecule has 0 saturated carbocycles. The fraction of sp³-hybridized carbons (Fsp3) is 0.280. The summed E-state index contributed by atoms with van der Waals surface area (Å²) in [5.74, 6) is -0.0324. The van der Waals surface area contributed by atoms with Crippen molar-refractivity contribution >= 4 is 21.6 Å². The van der Waals surface area contributed by atoms with Gasteiger partial charge in [-0.3, -0.25) is 9.59 Å². The molecule has 2 aliphatic heterocycles. The highest BCUT2D eigenvalue weighted by atomic mass is 32.2. The van der Waals surface area contributed by atoms with Crippen LogP contribution in [0.15, 0.2) is 82.5 Å². The smallest absolute Gasteiger partial charge is 0.250 e. The Labute approximate surface area is 192 Å². The van der Waals surface area contributed by atoms with E-state index < -0.39 is 10.0 Å². The molecule has 1 amide bonds. The topological polar surface area (TPSA) is 88.5 Å². The number of pyridine rings is 1. The molecule has 3 aromatic rings. The molecule has 2 aromatic carbocycles. The number of benzene rings is 2. The van der Waals surface area contributed by atoms with Gasteiger partial charge in [-0.2, -0.15) is 4.31 Å². The van der Waals surface area contributed by atoms with Crippen molar-refractivity contribution < 1.29 is 13.2 Å². The van der Waals surface area contributed by atoms with E-state index in [4.69, 9.17) is 0 Å². The third-order valence-electron chi connectivity index (χ3n) is 6.43. The molecule has 2 aliphatic rings. The zero-order valence-corrected chi connectivity index (χ0v) is 18.9. The molecule has 1 saturated heterocycles. The molecule has 0 unspecified atom stereocenters. The number of carbonyl (C=O) groups excluding carboxylic acids is 1.